The fourth-order valence-electron chi connectivity index (χ4n) is 1.37. The van der Waals surface area contributed by atoms with E-state index < -0.39 is 10.0 Å². The van der Waals surface area contributed by atoms with Crippen LogP contribution in [0.25, 0.3) is 0 Å². The van der Waals surface area contributed by atoms with Gasteiger partial charge in [0.25, 0.3) is 10.0 Å². The van der Waals surface area contributed by atoms with Gasteiger partial charge in [-0.1, -0.05) is 29.3 Å². The fourth-order valence-corrected chi connectivity index (χ4v) is 5.07. The molecule has 1 heterocycles. The molecule has 0 aliphatic heterocycles. The molecule has 1 N–H and O–H groups in total. The monoisotopic (exact) mass is 399 g/mol. The van der Waals surface area contributed by atoms with Gasteiger partial charge in [0.2, 0.25) is 0 Å². The Kier molecular flexibility index (Phi) is 4.47. The lowest BCUT2D eigenvalue weighted by atomic mass is 10.2. The molecule has 0 fully saturated rings. The first-order valence-corrected chi connectivity index (χ1v) is 8.89. The normalized spacial score (nSPS) is 11.6. The van der Waals surface area contributed by atoms with Crippen molar-refractivity contribution in [2.75, 3.05) is 4.72 Å². The number of thiophene rings is 1. The number of anilines is 1. The second-order valence-electron chi connectivity index (χ2n) is 3.70. The van der Waals surface area contributed by atoms with E-state index in [1.807, 2.05) is 0 Å². The molecule has 0 aliphatic carbocycles. The van der Waals surface area contributed by atoms with Gasteiger partial charge in [-0.3, -0.25) is 4.72 Å². The number of rotatable bonds is 3. The summed E-state index contributed by atoms with van der Waals surface area (Å²) in [7, 11) is -3.66. The van der Waals surface area contributed by atoms with Crippen LogP contribution in [0.15, 0.2) is 32.3 Å². The van der Waals surface area contributed by atoms with Crippen LogP contribution in [0.5, 0.6) is 0 Å². The molecule has 0 saturated heterocycles. The smallest absolute Gasteiger partial charge is 0.271 e. The Morgan fingerprint density at radius 1 is 1.26 bits per heavy atom. The maximum atomic E-state index is 12.2. The van der Waals surface area contributed by atoms with E-state index in [4.69, 9.17) is 23.2 Å². The molecule has 19 heavy (non-hydrogen) atoms. The largest absolute Gasteiger partial charge is 0.279 e. The van der Waals surface area contributed by atoms with Crippen LogP contribution >= 0.6 is 50.5 Å². The van der Waals surface area contributed by atoms with E-state index in [0.717, 1.165) is 11.3 Å². The third-order valence-corrected chi connectivity index (χ3v) is 7.12. The van der Waals surface area contributed by atoms with Crippen LogP contribution in [0.2, 0.25) is 10.0 Å². The second kappa shape index (κ2) is 5.61. The van der Waals surface area contributed by atoms with Crippen LogP contribution in [0, 0.1) is 6.92 Å². The van der Waals surface area contributed by atoms with E-state index in [-0.39, 0.29) is 4.21 Å². The molecule has 0 aliphatic rings. The Labute approximate surface area is 133 Å². The highest BCUT2D eigenvalue weighted by Crippen LogP contribution is 2.35. The minimum Gasteiger partial charge on any atom is -0.279 e. The number of hydrogen-bond acceptors (Lipinski definition) is 3. The Morgan fingerprint density at radius 3 is 2.53 bits per heavy atom. The standard InChI is InChI=1S/C11H8BrCl2NO2S2/c1-6-7(13)3-2-4-9(6)15-19(16,17)10-5-8(14)11(12)18-10/h2-5,15H,1H3. The van der Waals surface area contributed by atoms with E-state index in [1.54, 1.807) is 25.1 Å². The molecule has 0 saturated carbocycles. The molecular formula is C11H8BrCl2NO2S2. The van der Waals surface area contributed by atoms with Crippen molar-refractivity contribution in [3.63, 3.8) is 0 Å². The van der Waals surface area contributed by atoms with Gasteiger partial charge in [0, 0.05) is 5.02 Å². The highest BCUT2D eigenvalue weighted by Gasteiger charge is 2.20. The molecule has 0 atom stereocenters. The maximum absolute atomic E-state index is 12.2. The predicted octanol–water partition coefficient (Wildman–Crippen LogP) is 4.93. The highest BCUT2D eigenvalue weighted by molar-refractivity contribution is 9.11. The van der Waals surface area contributed by atoms with E-state index in [1.165, 1.54) is 6.07 Å². The number of benzene rings is 1. The van der Waals surface area contributed by atoms with Crippen molar-refractivity contribution < 1.29 is 8.42 Å². The van der Waals surface area contributed by atoms with Gasteiger partial charge < -0.3 is 0 Å². The lowest BCUT2D eigenvalue weighted by molar-refractivity contribution is 0.603. The molecule has 1 aromatic heterocycles. The zero-order valence-corrected chi connectivity index (χ0v) is 14.3. The van der Waals surface area contributed by atoms with Gasteiger partial charge >= 0.3 is 0 Å². The first-order valence-electron chi connectivity index (χ1n) is 5.04. The van der Waals surface area contributed by atoms with E-state index in [2.05, 4.69) is 20.7 Å². The molecule has 0 spiro atoms. The summed E-state index contributed by atoms with van der Waals surface area (Å²) in [6.45, 7) is 1.75. The van der Waals surface area contributed by atoms with Crippen molar-refractivity contribution in [3.05, 3.63) is 43.7 Å². The summed E-state index contributed by atoms with van der Waals surface area (Å²) in [6, 6.07) is 6.44. The van der Waals surface area contributed by atoms with E-state index in [9.17, 15) is 8.42 Å². The third kappa shape index (κ3) is 3.25. The molecule has 0 amide bonds. The summed E-state index contributed by atoms with van der Waals surface area (Å²) in [6.07, 6.45) is 0. The van der Waals surface area contributed by atoms with Gasteiger partial charge in [0.15, 0.2) is 0 Å². The average Bonchev–Trinajstić information content (AvgIpc) is 2.66. The molecule has 0 bridgehead atoms. The van der Waals surface area contributed by atoms with Gasteiger partial charge in [0.1, 0.15) is 4.21 Å². The summed E-state index contributed by atoms with van der Waals surface area (Å²) in [5, 5.41) is 0.874. The minimum absolute atomic E-state index is 0.142. The van der Waals surface area contributed by atoms with Crippen molar-refractivity contribution in [3.8, 4) is 0 Å². The van der Waals surface area contributed by atoms with Crippen molar-refractivity contribution >= 4 is 66.2 Å². The van der Waals surface area contributed by atoms with Crippen molar-refractivity contribution in [1.29, 1.82) is 0 Å². The molecule has 1 aromatic carbocycles. The van der Waals surface area contributed by atoms with Crippen LogP contribution in [-0.2, 0) is 10.0 Å². The van der Waals surface area contributed by atoms with Gasteiger partial charge in [-0.05, 0) is 46.6 Å². The van der Waals surface area contributed by atoms with Crippen LogP contribution in [-0.4, -0.2) is 8.42 Å². The number of halogens is 3. The molecular weight excluding hydrogens is 393 g/mol. The summed E-state index contributed by atoms with van der Waals surface area (Å²) in [4.78, 5) is 0. The number of nitrogens with one attached hydrogen (secondary N) is 1. The Hall–Kier alpha value is -0.270. The van der Waals surface area contributed by atoms with Crippen LogP contribution < -0.4 is 4.72 Å². The first kappa shape index (κ1) is 15.1. The molecule has 3 nitrogen and oxygen atoms in total. The van der Waals surface area contributed by atoms with Crippen LogP contribution in [0.1, 0.15) is 5.56 Å². The quantitative estimate of drug-likeness (QED) is 0.793. The zero-order chi connectivity index (χ0) is 14.2. The molecule has 8 heteroatoms. The number of sulfonamides is 1. The van der Waals surface area contributed by atoms with E-state index >= 15 is 0 Å². The average molecular weight is 401 g/mol. The first-order chi connectivity index (χ1) is 8.81. The van der Waals surface area contributed by atoms with Crippen molar-refractivity contribution in [2.24, 2.45) is 0 Å². The van der Waals surface area contributed by atoms with Crippen molar-refractivity contribution in [2.45, 2.75) is 11.1 Å². The molecule has 2 aromatic rings. The Morgan fingerprint density at radius 2 is 1.95 bits per heavy atom. The molecule has 0 radical (unpaired) electrons. The Balaban J connectivity index is 2.39. The third-order valence-electron chi connectivity index (χ3n) is 2.40. The summed E-state index contributed by atoms with van der Waals surface area (Å²) in [5.74, 6) is 0. The number of hydrogen-bond donors (Lipinski definition) is 1. The molecule has 2 rings (SSSR count). The SMILES string of the molecule is Cc1c(Cl)cccc1NS(=O)(=O)c1cc(Cl)c(Br)s1. The maximum Gasteiger partial charge on any atom is 0.271 e. The van der Waals surface area contributed by atoms with Gasteiger partial charge in [-0.25, -0.2) is 8.42 Å². The summed E-state index contributed by atoms with van der Waals surface area (Å²) < 4.78 is 27.6. The lowest BCUT2D eigenvalue weighted by Gasteiger charge is -2.09. The van der Waals surface area contributed by atoms with Gasteiger partial charge in [-0.2, -0.15) is 0 Å². The van der Waals surface area contributed by atoms with Gasteiger partial charge in [0.05, 0.1) is 14.5 Å². The lowest BCUT2D eigenvalue weighted by Crippen LogP contribution is -2.12. The second-order valence-corrected chi connectivity index (χ2v) is 8.80. The fraction of sp³-hybridized carbons (Fsp3) is 0.0909. The van der Waals surface area contributed by atoms with Gasteiger partial charge in [-0.15, -0.1) is 11.3 Å². The summed E-state index contributed by atoms with van der Waals surface area (Å²) in [5.41, 5.74) is 1.13. The Bertz CT molecular complexity index is 709. The minimum atomic E-state index is -3.66. The summed E-state index contributed by atoms with van der Waals surface area (Å²) >= 11 is 16.0. The highest BCUT2D eigenvalue weighted by atomic mass is 79.9. The molecule has 102 valence electrons. The van der Waals surface area contributed by atoms with Crippen molar-refractivity contribution in [1.82, 2.24) is 0 Å². The van der Waals surface area contributed by atoms with Crippen LogP contribution in [0.4, 0.5) is 5.69 Å². The topological polar surface area (TPSA) is 46.2 Å². The van der Waals surface area contributed by atoms with E-state index in [0.29, 0.717) is 25.1 Å². The predicted molar refractivity (Wildman–Crippen MR) is 84.0 cm³/mol. The molecule has 0 unspecified atom stereocenters. The van der Waals surface area contributed by atoms with Crippen LogP contribution in [0.3, 0.4) is 0 Å². The zero-order valence-electron chi connectivity index (χ0n) is 9.58.